The molecule has 122 valence electrons. The number of hydrogen-bond acceptors (Lipinski definition) is 4. The monoisotopic (exact) mass is 331 g/mol. The van der Waals surface area contributed by atoms with Gasteiger partial charge in [0.1, 0.15) is 0 Å². The van der Waals surface area contributed by atoms with Gasteiger partial charge in [-0.15, -0.1) is 0 Å². The van der Waals surface area contributed by atoms with Gasteiger partial charge in [-0.2, -0.15) is 8.42 Å². The highest BCUT2D eigenvalue weighted by Crippen LogP contribution is 2.18. The Balaban J connectivity index is 1.46. The Bertz CT molecular complexity index is 744. The van der Waals surface area contributed by atoms with Crippen LogP contribution in [0.2, 0.25) is 0 Å². The van der Waals surface area contributed by atoms with E-state index in [0.29, 0.717) is 6.42 Å². The highest BCUT2D eigenvalue weighted by Gasteiger charge is 2.17. The van der Waals surface area contributed by atoms with E-state index in [4.69, 9.17) is 4.18 Å². The Kier molecular flexibility index (Phi) is 5.10. The van der Waals surface area contributed by atoms with E-state index < -0.39 is 10.1 Å². The number of benzene rings is 2. The van der Waals surface area contributed by atoms with E-state index in [1.165, 1.54) is 11.1 Å². The van der Waals surface area contributed by atoms with Crippen molar-refractivity contribution < 1.29 is 12.6 Å². The molecule has 0 fully saturated rings. The molecule has 0 aliphatic carbocycles. The van der Waals surface area contributed by atoms with Crippen LogP contribution in [0.5, 0.6) is 0 Å². The Labute approximate surface area is 137 Å². The molecule has 2 aromatic carbocycles. The summed E-state index contributed by atoms with van der Waals surface area (Å²) in [4.78, 5) is 2.56. The third kappa shape index (κ3) is 4.19. The number of hydrogen-bond donors (Lipinski definition) is 0. The Morgan fingerprint density at radius 2 is 1.65 bits per heavy atom. The standard InChI is InChI=1S/C18H21NO3S/c20-23(21,18-9-2-1-3-10-18)22-14-6-12-19-13-11-16-7-4-5-8-17(16)15-19/h1-5,7-10H,6,11-15H2. The normalized spacial score (nSPS) is 15.3. The first kappa shape index (κ1) is 16.2. The third-order valence-electron chi connectivity index (χ3n) is 4.10. The number of fused-ring (bicyclic) bond motifs is 1. The van der Waals surface area contributed by atoms with Crippen molar-refractivity contribution in [2.24, 2.45) is 0 Å². The van der Waals surface area contributed by atoms with E-state index in [0.717, 1.165) is 26.1 Å². The van der Waals surface area contributed by atoms with E-state index in [1.54, 1.807) is 30.3 Å². The van der Waals surface area contributed by atoms with Crippen LogP contribution in [0.3, 0.4) is 0 Å². The highest BCUT2D eigenvalue weighted by atomic mass is 32.2. The van der Waals surface area contributed by atoms with Crippen LogP contribution in [0, 0.1) is 0 Å². The summed E-state index contributed by atoms with van der Waals surface area (Å²) in [6.45, 7) is 3.01. The van der Waals surface area contributed by atoms with Gasteiger partial charge in [-0.25, -0.2) is 0 Å². The molecule has 0 saturated carbocycles. The largest absolute Gasteiger partial charge is 0.299 e. The zero-order valence-electron chi connectivity index (χ0n) is 13.0. The van der Waals surface area contributed by atoms with Gasteiger partial charge in [0.15, 0.2) is 0 Å². The molecule has 0 aromatic heterocycles. The fraction of sp³-hybridized carbons (Fsp3) is 0.333. The minimum absolute atomic E-state index is 0.215. The molecule has 0 amide bonds. The van der Waals surface area contributed by atoms with Gasteiger partial charge in [0, 0.05) is 19.6 Å². The second-order valence-electron chi connectivity index (χ2n) is 5.74. The van der Waals surface area contributed by atoms with Crippen molar-refractivity contribution in [2.45, 2.75) is 24.3 Å². The zero-order chi connectivity index (χ0) is 16.1. The average Bonchev–Trinajstić information content (AvgIpc) is 2.59. The topological polar surface area (TPSA) is 46.6 Å². The average molecular weight is 331 g/mol. The van der Waals surface area contributed by atoms with Crippen LogP contribution in [0.1, 0.15) is 17.5 Å². The van der Waals surface area contributed by atoms with E-state index in [-0.39, 0.29) is 11.5 Å². The lowest BCUT2D eigenvalue weighted by Gasteiger charge is -2.28. The van der Waals surface area contributed by atoms with E-state index in [9.17, 15) is 8.42 Å². The van der Waals surface area contributed by atoms with Crippen LogP contribution in [0.4, 0.5) is 0 Å². The van der Waals surface area contributed by atoms with Crippen LogP contribution in [0.25, 0.3) is 0 Å². The van der Waals surface area contributed by atoms with Gasteiger partial charge in [-0.3, -0.25) is 9.08 Å². The molecule has 4 nitrogen and oxygen atoms in total. The van der Waals surface area contributed by atoms with Gasteiger partial charge in [0.25, 0.3) is 10.1 Å². The molecule has 1 aliphatic heterocycles. The van der Waals surface area contributed by atoms with Crippen molar-refractivity contribution in [2.75, 3.05) is 19.7 Å². The van der Waals surface area contributed by atoms with Crippen LogP contribution >= 0.6 is 0 Å². The minimum atomic E-state index is -3.63. The van der Waals surface area contributed by atoms with Gasteiger partial charge in [0.2, 0.25) is 0 Å². The van der Waals surface area contributed by atoms with Crippen molar-refractivity contribution in [3.05, 3.63) is 65.7 Å². The first-order valence-electron chi connectivity index (χ1n) is 7.89. The number of nitrogens with zero attached hydrogens (tertiary/aromatic N) is 1. The molecule has 0 unspecified atom stereocenters. The first-order valence-corrected chi connectivity index (χ1v) is 9.29. The zero-order valence-corrected chi connectivity index (χ0v) is 13.8. The van der Waals surface area contributed by atoms with Crippen molar-refractivity contribution in [1.82, 2.24) is 4.90 Å². The maximum absolute atomic E-state index is 12.0. The quantitative estimate of drug-likeness (QED) is 0.603. The van der Waals surface area contributed by atoms with Crippen molar-refractivity contribution in [3.63, 3.8) is 0 Å². The third-order valence-corrected chi connectivity index (χ3v) is 5.43. The van der Waals surface area contributed by atoms with Crippen LogP contribution in [-0.2, 0) is 27.3 Å². The van der Waals surface area contributed by atoms with Crippen molar-refractivity contribution in [3.8, 4) is 0 Å². The lowest BCUT2D eigenvalue weighted by atomic mass is 10.00. The molecule has 1 heterocycles. The Morgan fingerprint density at radius 1 is 0.957 bits per heavy atom. The molecular weight excluding hydrogens is 310 g/mol. The Morgan fingerprint density at radius 3 is 2.43 bits per heavy atom. The lowest BCUT2D eigenvalue weighted by molar-refractivity contribution is 0.223. The molecule has 3 rings (SSSR count). The van der Waals surface area contributed by atoms with Crippen LogP contribution in [-0.4, -0.2) is 33.0 Å². The van der Waals surface area contributed by atoms with Gasteiger partial charge in [0.05, 0.1) is 11.5 Å². The van der Waals surface area contributed by atoms with E-state index >= 15 is 0 Å². The van der Waals surface area contributed by atoms with Crippen molar-refractivity contribution >= 4 is 10.1 Å². The predicted octanol–water partition coefficient (Wildman–Crippen LogP) is 2.84. The molecule has 0 radical (unpaired) electrons. The van der Waals surface area contributed by atoms with Gasteiger partial charge < -0.3 is 0 Å². The summed E-state index contributed by atoms with van der Waals surface area (Å²) in [5.41, 5.74) is 2.79. The summed E-state index contributed by atoms with van der Waals surface area (Å²) in [6, 6.07) is 16.8. The summed E-state index contributed by atoms with van der Waals surface area (Å²) in [7, 11) is -3.63. The summed E-state index contributed by atoms with van der Waals surface area (Å²) in [6.07, 6.45) is 1.76. The number of rotatable bonds is 6. The summed E-state index contributed by atoms with van der Waals surface area (Å²) in [5.74, 6) is 0. The maximum Gasteiger partial charge on any atom is 0.296 e. The van der Waals surface area contributed by atoms with E-state index in [1.807, 2.05) is 0 Å². The molecule has 0 N–H and O–H groups in total. The van der Waals surface area contributed by atoms with E-state index in [2.05, 4.69) is 29.2 Å². The fourth-order valence-corrected chi connectivity index (χ4v) is 3.82. The molecule has 23 heavy (non-hydrogen) atoms. The molecule has 1 aliphatic rings. The van der Waals surface area contributed by atoms with Crippen molar-refractivity contribution in [1.29, 1.82) is 0 Å². The van der Waals surface area contributed by atoms with Gasteiger partial charge >= 0.3 is 0 Å². The SMILES string of the molecule is O=S(=O)(OCCCN1CCc2ccccc2C1)c1ccccc1. The lowest BCUT2D eigenvalue weighted by Crippen LogP contribution is -2.31. The van der Waals surface area contributed by atoms with Gasteiger partial charge in [-0.05, 0) is 36.1 Å². The highest BCUT2D eigenvalue weighted by molar-refractivity contribution is 7.86. The molecule has 0 bridgehead atoms. The van der Waals surface area contributed by atoms with Crippen LogP contribution < -0.4 is 0 Å². The fourth-order valence-electron chi connectivity index (χ4n) is 2.86. The predicted molar refractivity (Wildman–Crippen MR) is 89.6 cm³/mol. The smallest absolute Gasteiger partial charge is 0.296 e. The van der Waals surface area contributed by atoms with Gasteiger partial charge in [-0.1, -0.05) is 42.5 Å². The molecule has 5 heteroatoms. The maximum atomic E-state index is 12.0. The second-order valence-corrected chi connectivity index (χ2v) is 7.35. The molecule has 2 aromatic rings. The molecule has 0 spiro atoms. The first-order chi connectivity index (χ1) is 11.1. The minimum Gasteiger partial charge on any atom is -0.299 e. The Hall–Kier alpha value is -1.69. The molecular formula is C18H21NO3S. The molecule has 0 saturated heterocycles. The summed E-state index contributed by atoms with van der Waals surface area (Å²) >= 11 is 0. The second kappa shape index (κ2) is 7.25. The van der Waals surface area contributed by atoms with Crippen LogP contribution in [0.15, 0.2) is 59.5 Å². The summed E-state index contributed by atoms with van der Waals surface area (Å²) in [5, 5.41) is 0. The summed E-state index contributed by atoms with van der Waals surface area (Å²) < 4.78 is 29.1. The molecule has 0 atom stereocenters.